The highest BCUT2D eigenvalue weighted by molar-refractivity contribution is 5.87. The standard InChI is InChI=1S/C22H20FN7O3/c1-29-9-7-22(32,20(29)31)18-10-17(28-33-18)15-5-3-4-14(19(15)23)16-6-8-24-21(27-16)26-13-11-25-30(2)12-13/h3-6,8,10-12,32H,7,9H2,1-2H3,(H,24,26,27)/t22-/m1/s1. The monoisotopic (exact) mass is 449 g/mol. The van der Waals surface area contributed by atoms with Crippen LogP contribution >= 0.6 is 0 Å². The lowest BCUT2D eigenvalue weighted by Crippen LogP contribution is -2.35. The number of aliphatic hydroxyl groups is 1. The van der Waals surface area contributed by atoms with Gasteiger partial charge in [0.1, 0.15) is 11.5 Å². The number of hydrogen-bond donors (Lipinski definition) is 2. The third-order valence-electron chi connectivity index (χ3n) is 5.59. The van der Waals surface area contributed by atoms with Crippen LogP contribution in [-0.4, -0.2) is 54.4 Å². The lowest BCUT2D eigenvalue weighted by atomic mass is 9.97. The van der Waals surface area contributed by atoms with E-state index >= 15 is 4.39 Å². The van der Waals surface area contributed by atoms with E-state index in [1.165, 1.54) is 17.2 Å². The van der Waals surface area contributed by atoms with Crippen LogP contribution in [0, 0.1) is 5.82 Å². The fourth-order valence-corrected chi connectivity index (χ4v) is 3.79. The average Bonchev–Trinajstić information content (AvgIpc) is 3.52. The van der Waals surface area contributed by atoms with Crippen molar-refractivity contribution in [2.45, 2.75) is 12.0 Å². The Morgan fingerprint density at radius 1 is 1.21 bits per heavy atom. The van der Waals surface area contributed by atoms with E-state index in [4.69, 9.17) is 4.52 Å². The summed E-state index contributed by atoms with van der Waals surface area (Å²) < 4.78 is 22.4. The summed E-state index contributed by atoms with van der Waals surface area (Å²) in [5.41, 5.74) is -0.167. The Hall–Kier alpha value is -4.12. The zero-order valence-corrected chi connectivity index (χ0v) is 17.9. The Morgan fingerprint density at radius 2 is 2.00 bits per heavy atom. The van der Waals surface area contributed by atoms with Gasteiger partial charge in [-0.25, -0.2) is 14.4 Å². The smallest absolute Gasteiger partial charge is 0.262 e. The number of rotatable bonds is 5. The van der Waals surface area contributed by atoms with Crippen molar-refractivity contribution in [2.75, 3.05) is 18.9 Å². The van der Waals surface area contributed by atoms with Gasteiger partial charge in [-0.1, -0.05) is 11.2 Å². The molecule has 0 radical (unpaired) electrons. The van der Waals surface area contributed by atoms with Gasteiger partial charge in [-0.15, -0.1) is 0 Å². The van der Waals surface area contributed by atoms with Gasteiger partial charge in [0.05, 0.1) is 17.6 Å². The first-order valence-corrected chi connectivity index (χ1v) is 10.2. The predicted molar refractivity (Wildman–Crippen MR) is 116 cm³/mol. The highest BCUT2D eigenvalue weighted by atomic mass is 19.1. The third-order valence-corrected chi connectivity index (χ3v) is 5.59. The molecule has 1 aliphatic rings. The Bertz CT molecular complexity index is 1350. The van der Waals surface area contributed by atoms with Gasteiger partial charge in [0.15, 0.2) is 5.76 Å². The minimum absolute atomic E-state index is 0.0124. The van der Waals surface area contributed by atoms with Gasteiger partial charge in [0.25, 0.3) is 5.91 Å². The molecule has 1 atom stereocenters. The number of carbonyl (C=O) groups is 1. The number of hydrogen-bond acceptors (Lipinski definition) is 8. The molecule has 11 heteroatoms. The molecule has 1 amide bonds. The van der Waals surface area contributed by atoms with Gasteiger partial charge < -0.3 is 19.8 Å². The van der Waals surface area contributed by atoms with Crippen molar-refractivity contribution in [3.05, 3.63) is 60.5 Å². The predicted octanol–water partition coefficient (Wildman–Crippen LogP) is 2.46. The Balaban J connectivity index is 1.47. The van der Waals surface area contributed by atoms with E-state index in [1.54, 1.807) is 55.4 Å². The van der Waals surface area contributed by atoms with E-state index < -0.39 is 17.3 Å². The maximum absolute atomic E-state index is 15.5. The molecule has 1 saturated heterocycles. The second kappa shape index (κ2) is 7.78. The fourth-order valence-electron chi connectivity index (χ4n) is 3.79. The summed E-state index contributed by atoms with van der Waals surface area (Å²) in [6.07, 6.45) is 5.09. The van der Waals surface area contributed by atoms with Crippen molar-refractivity contribution in [3.8, 4) is 22.5 Å². The number of halogens is 1. The number of aromatic nitrogens is 5. The molecular weight excluding hydrogens is 429 g/mol. The first-order valence-electron chi connectivity index (χ1n) is 10.2. The second-order valence-electron chi connectivity index (χ2n) is 7.87. The van der Waals surface area contributed by atoms with Crippen LogP contribution in [0.2, 0.25) is 0 Å². The van der Waals surface area contributed by atoms with Crippen molar-refractivity contribution in [2.24, 2.45) is 7.05 Å². The molecule has 0 bridgehead atoms. The summed E-state index contributed by atoms with van der Waals surface area (Å²) in [5.74, 6) is -0.763. The Kier molecular flexibility index (Phi) is 4.90. The van der Waals surface area contributed by atoms with E-state index in [0.29, 0.717) is 23.9 Å². The van der Waals surface area contributed by atoms with Crippen molar-refractivity contribution in [1.82, 2.24) is 29.8 Å². The van der Waals surface area contributed by atoms with Crippen LogP contribution < -0.4 is 5.32 Å². The SMILES string of the molecule is CN1CC[C@@](O)(c2cc(-c3cccc(-c4ccnc(Nc5cnn(C)c5)n4)c3F)no2)C1=O. The van der Waals surface area contributed by atoms with Crippen LogP contribution in [0.5, 0.6) is 0 Å². The van der Waals surface area contributed by atoms with Crippen molar-refractivity contribution < 1.29 is 18.8 Å². The number of benzene rings is 1. The van der Waals surface area contributed by atoms with Crippen LogP contribution in [0.4, 0.5) is 16.0 Å². The first-order chi connectivity index (χ1) is 15.8. The van der Waals surface area contributed by atoms with E-state index in [-0.39, 0.29) is 29.0 Å². The van der Waals surface area contributed by atoms with E-state index in [1.807, 2.05) is 0 Å². The maximum Gasteiger partial charge on any atom is 0.262 e. The lowest BCUT2D eigenvalue weighted by molar-refractivity contribution is -0.144. The summed E-state index contributed by atoms with van der Waals surface area (Å²) in [7, 11) is 3.39. The topological polar surface area (TPSA) is 122 Å². The summed E-state index contributed by atoms with van der Waals surface area (Å²) >= 11 is 0. The van der Waals surface area contributed by atoms with Crippen LogP contribution in [0.1, 0.15) is 12.2 Å². The molecule has 10 nitrogen and oxygen atoms in total. The molecule has 5 rings (SSSR count). The molecule has 0 unspecified atom stereocenters. The zero-order valence-electron chi connectivity index (χ0n) is 17.9. The van der Waals surface area contributed by atoms with E-state index in [2.05, 4.69) is 25.5 Å². The molecular formula is C22H20FN7O3. The van der Waals surface area contributed by atoms with Gasteiger partial charge >= 0.3 is 0 Å². The first kappa shape index (κ1) is 20.8. The van der Waals surface area contributed by atoms with Crippen LogP contribution in [0.3, 0.4) is 0 Å². The van der Waals surface area contributed by atoms with Crippen LogP contribution in [0.25, 0.3) is 22.5 Å². The highest BCUT2D eigenvalue weighted by Gasteiger charge is 2.48. The molecule has 1 aliphatic heterocycles. The van der Waals surface area contributed by atoms with E-state index in [9.17, 15) is 9.90 Å². The van der Waals surface area contributed by atoms with Gasteiger partial charge in [-0.3, -0.25) is 9.48 Å². The molecule has 0 spiro atoms. The normalized spacial score (nSPS) is 18.2. The summed E-state index contributed by atoms with van der Waals surface area (Å²) in [5, 5.41) is 21.8. The molecule has 1 aromatic carbocycles. The fraction of sp³-hybridized carbons (Fsp3) is 0.227. The molecule has 0 aliphatic carbocycles. The highest BCUT2D eigenvalue weighted by Crippen LogP contribution is 2.36. The lowest BCUT2D eigenvalue weighted by Gasteiger charge is -2.16. The number of nitrogens with zero attached hydrogens (tertiary/aromatic N) is 6. The Labute approximate surface area is 187 Å². The molecule has 3 aromatic heterocycles. The molecule has 0 saturated carbocycles. The quantitative estimate of drug-likeness (QED) is 0.477. The molecule has 1 fully saturated rings. The number of aryl methyl sites for hydroxylation is 1. The summed E-state index contributed by atoms with van der Waals surface area (Å²) in [4.78, 5) is 22.3. The minimum Gasteiger partial charge on any atom is -0.373 e. The number of anilines is 2. The molecule has 2 N–H and O–H groups in total. The van der Waals surface area contributed by atoms with Gasteiger partial charge in [-0.05, 0) is 18.2 Å². The van der Waals surface area contributed by atoms with Gasteiger partial charge in [-0.2, -0.15) is 5.10 Å². The number of likely N-dealkylation sites (N-methyl/N-ethyl adjacent to an activating group) is 1. The largest absolute Gasteiger partial charge is 0.373 e. The average molecular weight is 449 g/mol. The molecule has 4 heterocycles. The van der Waals surface area contributed by atoms with Crippen molar-refractivity contribution in [1.29, 1.82) is 0 Å². The zero-order chi connectivity index (χ0) is 23.2. The van der Waals surface area contributed by atoms with Crippen molar-refractivity contribution in [3.63, 3.8) is 0 Å². The number of likely N-dealkylation sites (tertiary alicyclic amines) is 1. The van der Waals surface area contributed by atoms with Crippen LogP contribution in [0.15, 0.2) is 53.4 Å². The van der Waals surface area contributed by atoms with Gasteiger partial charge in [0.2, 0.25) is 11.5 Å². The Morgan fingerprint density at radius 3 is 2.70 bits per heavy atom. The molecule has 4 aromatic rings. The second-order valence-corrected chi connectivity index (χ2v) is 7.87. The minimum atomic E-state index is -1.80. The van der Waals surface area contributed by atoms with Crippen molar-refractivity contribution >= 4 is 17.5 Å². The molecule has 33 heavy (non-hydrogen) atoms. The van der Waals surface area contributed by atoms with Crippen LogP contribution in [-0.2, 0) is 17.4 Å². The summed E-state index contributed by atoms with van der Waals surface area (Å²) in [6.45, 7) is 0.387. The number of nitrogens with one attached hydrogen (secondary N) is 1. The maximum atomic E-state index is 15.5. The van der Waals surface area contributed by atoms with Gasteiger partial charge in [0, 0.05) is 56.6 Å². The summed E-state index contributed by atoms with van der Waals surface area (Å²) in [6, 6.07) is 7.80. The number of carbonyl (C=O) groups excluding carboxylic acids is 1. The molecule has 168 valence electrons. The van der Waals surface area contributed by atoms with E-state index in [0.717, 1.165) is 0 Å². The third kappa shape index (κ3) is 3.61. The number of amides is 1.